The van der Waals surface area contributed by atoms with Crippen molar-refractivity contribution in [2.24, 2.45) is 0 Å². The Bertz CT molecular complexity index is 636. The van der Waals surface area contributed by atoms with E-state index in [1.165, 1.54) is 0 Å². The van der Waals surface area contributed by atoms with Crippen molar-refractivity contribution in [1.82, 2.24) is 9.38 Å². The number of carbonyl (C=O) groups is 1. The summed E-state index contributed by atoms with van der Waals surface area (Å²) < 4.78 is 1.87. The van der Waals surface area contributed by atoms with Crippen molar-refractivity contribution in [3.8, 4) is 0 Å². The van der Waals surface area contributed by atoms with E-state index in [0.29, 0.717) is 5.52 Å². The van der Waals surface area contributed by atoms with Gasteiger partial charge in [-0.15, -0.1) is 0 Å². The summed E-state index contributed by atoms with van der Waals surface area (Å²) in [6, 6.07) is 3.71. The Balaban J connectivity index is 2.80. The first-order chi connectivity index (χ1) is 8.71. The molecule has 0 amide bonds. The molecule has 0 aromatic carbocycles. The van der Waals surface area contributed by atoms with E-state index in [4.69, 9.17) is 0 Å². The van der Waals surface area contributed by atoms with Crippen LogP contribution in [0.2, 0.25) is 0 Å². The van der Waals surface area contributed by atoms with Crippen LogP contribution in [0.25, 0.3) is 5.52 Å². The van der Waals surface area contributed by atoms with Crippen molar-refractivity contribution >= 4 is 17.2 Å². The van der Waals surface area contributed by atoms with Crippen LogP contribution in [0.15, 0.2) is 18.3 Å². The zero-order chi connectivity index (χ0) is 14.4. The molecule has 2 heterocycles. The number of pyridine rings is 1. The topological polar surface area (TPSA) is 57.8 Å². The molecule has 2 rings (SSSR count). The maximum absolute atomic E-state index is 11.3. The molecule has 0 aliphatic heterocycles. The van der Waals surface area contributed by atoms with Gasteiger partial charge in [0.15, 0.2) is 5.69 Å². The predicted molar refractivity (Wildman–Crippen MR) is 75.2 cm³/mol. The van der Waals surface area contributed by atoms with E-state index in [9.17, 15) is 9.90 Å². The van der Waals surface area contributed by atoms with E-state index < -0.39 is 5.97 Å². The summed E-state index contributed by atoms with van der Waals surface area (Å²) in [5.41, 5.74) is 1.52. The molecule has 5 heteroatoms. The van der Waals surface area contributed by atoms with Crippen LogP contribution in [-0.4, -0.2) is 34.6 Å². The van der Waals surface area contributed by atoms with Crippen LogP contribution in [0.3, 0.4) is 0 Å². The van der Waals surface area contributed by atoms with Gasteiger partial charge in [-0.05, 0) is 12.1 Å². The number of fused-ring (bicyclic) bond motifs is 1. The average Bonchev–Trinajstić information content (AvgIpc) is 2.66. The second-order valence-electron chi connectivity index (χ2n) is 5.88. The number of imidazole rings is 1. The van der Waals surface area contributed by atoms with E-state index in [-0.39, 0.29) is 11.1 Å². The third kappa shape index (κ3) is 2.28. The Kier molecular flexibility index (Phi) is 3.00. The quantitative estimate of drug-likeness (QED) is 0.901. The molecule has 0 aliphatic carbocycles. The summed E-state index contributed by atoms with van der Waals surface area (Å²) in [4.78, 5) is 17.6. The zero-order valence-corrected chi connectivity index (χ0v) is 11.9. The SMILES string of the molecule is CN(C)c1ccc2c(C(=O)O)nc(C(C)(C)C)n2c1. The summed E-state index contributed by atoms with van der Waals surface area (Å²) in [5.74, 6) is -0.241. The fourth-order valence-electron chi connectivity index (χ4n) is 2.03. The van der Waals surface area contributed by atoms with Crippen LogP contribution < -0.4 is 4.90 Å². The number of carboxylic acids is 1. The van der Waals surface area contributed by atoms with E-state index in [1.54, 1.807) is 6.07 Å². The van der Waals surface area contributed by atoms with E-state index in [0.717, 1.165) is 11.5 Å². The minimum absolute atomic E-state index is 0.107. The Morgan fingerprint density at radius 1 is 1.32 bits per heavy atom. The highest BCUT2D eigenvalue weighted by atomic mass is 16.4. The number of aromatic carboxylic acids is 1. The molecule has 5 nitrogen and oxygen atoms in total. The Hall–Kier alpha value is -2.04. The third-order valence-electron chi connectivity index (χ3n) is 3.01. The molecule has 0 bridgehead atoms. The van der Waals surface area contributed by atoms with Gasteiger partial charge in [-0.3, -0.25) is 0 Å². The highest BCUT2D eigenvalue weighted by Crippen LogP contribution is 2.26. The fourth-order valence-corrected chi connectivity index (χ4v) is 2.03. The molecule has 0 spiro atoms. The van der Waals surface area contributed by atoms with Crippen molar-refractivity contribution in [3.05, 3.63) is 29.8 Å². The van der Waals surface area contributed by atoms with Crippen molar-refractivity contribution in [2.75, 3.05) is 19.0 Å². The minimum atomic E-state index is -0.995. The van der Waals surface area contributed by atoms with Crippen LogP contribution in [0.4, 0.5) is 5.69 Å². The van der Waals surface area contributed by atoms with Gasteiger partial charge in [0.05, 0.1) is 11.2 Å². The van der Waals surface area contributed by atoms with Crippen LogP contribution in [0.5, 0.6) is 0 Å². The molecule has 1 N–H and O–H groups in total. The largest absolute Gasteiger partial charge is 0.476 e. The Morgan fingerprint density at radius 2 is 1.95 bits per heavy atom. The molecule has 0 fully saturated rings. The Labute approximate surface area is 112 Å². The first kappa shape index (κ1) is 13.4. The molecule has 0 unspecified atom stereocenters. The lowest BCUT2D eigenvalue weighted by Gasteiger charge is -2.18. The van der Waals surface area contributed by atoms with Gasteiger partial charge in [0.25, 0.3) is 0 Å². The van der Waals surface area contributed by atoms with Crippen molar-refractivity contribution in [1.29, 1.82) is 0 Å². The highest BCUT2D eigenvalue weighted by Gasteiger charge is 2.25. The van der Waals surface area contributed by atoms with E-state index in [2.05, 4.69) is 4.98 Å². The molecule has 0 radical (unpaired) electrons. The molecule has 0 atom stereocenters. The number of anilines is 1. The summed E-state index contributed by atoms with van der Waals surface area (Å²) in [6.45, 7) is 6.07. The fraction of sp³-hybridized carbons (Fsp3) is 0.429. The molecule has 0 saturated carbocycles. The van der Waals surface area contributed by atoms with Crippen LogP contribution >= 0.6 is 0 Å². The summed E-state index contributed by atoms with van der Waals surface area (Å²) in [5, 5.41) is 9.25. The summed E-state index contributed by atoms with van der Waals surface area (Å²) >= 11 is 0. The lowest BCUT2D eigenvalue weighted by Crippen LogP contribution is -2.17. The minimum Gasteiger partial charge on any atom is -0.476 e. The van der Waals surface area contributed by atoms with Gasteiger partial charge in [0, 0.05) is 25.7 Å². The smallest absolute Gasteiger partial charge is 0.356 e. The predicted octanol–water partition coefficient (Wildman–Crippen LogP) is 2.40. The van der Waals surface area contributed by atoms with Crippen LogP contribution in [-0.2, 0) is 5.41 Å². The normalized spacial score (nSPS) is 11.8. The molecule has 0 saturated heterocycles. The lowest BCUT2D eigenvalue weighted by atomic mass is 9.96. The van der Waals surface area contributed by atoms with E-state index >= 15 is 0 Å². The van der Waals surface area contributed by atoms with Gasteiger partial charge in [-0.1, -0.05) is 20.8 Å². The number of aromatic nitrogens is 2. The molecular formula is C14H19N3O2. The van der Waals surface area contributed by atoms with Crippen molar-refractivity contribution < 1.29 is 9.90 Å². The molecule has 0 aliphatic rings. The maximum atomic E-state index is 11.3. The van der Waals surface area contributed by atoms with E-state index in [1.807, 2.05) is 56.4 Å². The second-order valence-corrected chi connectivity index (χ2v) is 5.88. The van der Waals surface area contributed by atoms with Crippen molar-refractivity contribution in [3.63, 3.8) is 0 Å². The van der Waals surface area contributed by atoms with Gasteiger partial charge in [-0.25, -0.2) is 9.78 Å². The standard InChI is InChI=1S/C14H19N3O2/c1-14(2,3)13-15-11(12(18)19)10-7-6-9(16(4)5)8-17(10)13/h6-8H,1-5H3,(H,18,19). The van der Waals surface area contributed by atoms with Crippen LogP contribution in [0, 0.1) is 0 Å². The molecule has 2 aromatic heterocycles. The highest BCUT2D eigenvalue weighted by molar-refractivity contribution is 5.94. The number of rotatable bonds is 2. The third-order valence-corrected chi connectivity index (χ3v) is 3.01. The first-order valence-corrected chi connectivity index (χ1v) is 6.15. The molecule has 2 aromatic rings. The average molecular weight is 261 g/mol. The Morgan fingerprint density at radius 3 is 2.42 bits per heavy atom. The molecular weight excluding hydrogens is 242 g/mol. The van der Waals surface area contributed by atoms with Gasteiger partial charge in [0.1, 0.15) is 5.82 Å². The monoisotopic (exact) mass is 261 g/mol. The van der Waals surface area contributed by atoms with Gasteiger partial charge < -0.3 is 14.4 Å². The summed E-state index contributed by atoms with van der Waals surface area (Å²) in [7, 11) is 3.90. The number of carboxylic acid groups (broad SMARTS) is 1. The molecule has 19 heavy (non-hydrogen) atoms. The molecule has 102 valence electrons. The number of nitrogens with zero attached hydrogens (tertiary/aromatic N) is 3. The second kappa shape index (κ2) is 4.26. The van der Waals surface area contributed by atoms with Crippen molar-refractivity contribution in [2.45, 2.75) is 26.2 Å². The lowest BCUT2D eigenvalue weighted by molar-refractivity contribution is 0.0693. The number of hydrogen-bond acceptors (Lipinski definition) is 3. The first-order valence-electron chi connectivity index (χ1n) is 6.15. The maximum Gasteiger partial charge on any atom is 0.356 e. The van der Waals surface area contributed by atoms with Gasteiger partial charge >= 0.3 is 5.97 Å². The van der Waals surface area contributed by atoms with Gasteiger partial charge in [0.2, 0.25) is 0 Å². The summed E-state index contributed by atoms with van der Waals surface area (Å²) in [6.07, 6.45) is 1.93. The zero-order valence-electron chi connectivity index (χ0n) is 11.9. The van der Waals surface area contributed by atoms with Gasteiger partial charge in [-0.2, -0.15) is 0 Å². The number of hydrogen-bond donors (Lipinski definition) is 1. The van der Waals surface area contributed by atoms with Crippen LogP contribution in [0.1, 0.15) is 37.1 Å².